The quantitative estimate of drug-likeness (QED) is 0.331. The predicted molar refractivity (Wildman–Crippen MR) is 150 cm³/mol. The molecule has 1 heteroatoms. The molecule has 1 aromatic heterocycles. The van der Waals surface area contributed by atoms with Gasteiger partial charge in [0.2, 0.25) is 0 Å². The van der Waals surface area contributed by atoms with Crippen molar-refractivity contribution < 1.29 is 0 Å². The van der Waals surface area contributed by atoms with Crippen molar-refractivity contribution in [2.24, 2.45) is 0 Å². The van der Waals surface area contributed by atoms with Crippen molar-refractivity contribution in [2.75, 3.05) is 0 Å². The molecule has 0 spiro atoms. The fourth-order valence-electron chi connectivity index (χ4n) is 5.55. The van der Waals surface area contributed by atoms with Crippen molar-refractivity contribution in [2.45, 2.75) is 71.1 Å². The Morgan fingerprint density at radius 2 is 1.74 bits per heavy atom. The third-order valence-electron chi connectivity index (χ3n) is 7.59. The molecule has 0 fully saturated rings. The summed E-state index contributed by atoms with van der Waals surface area (Å²) in [5.41, 5.74) is 8.02. The van der Waals surface area contributed by atoms with E-state index in [0.717, 1.165) is 12.8 Å². The van der Waals surface area contributed by atoms with Crippen LogP contribution in [-0.2, 0) is 5.41 Å². The molecule has 174 valence electrons. The van der Waals surface area contributed by atoms with Crippen molar-refractivity contribution in [3.63, 3.8) is 0 Å². The van der Waals surface area contributed by atoms with Gasteiger partial charge < -0.3 is 4.98 Å². The average Bonchev–Trinajstić information content (AvgIpc) is 3.25. The molecule has 2 aliphatic carbocycles. The minimum Gasteiger partial charge on any atom is -0.355 e. The molecule has 5 rings (SSSR count). The van der Waals surface area contributed by atoms with E-state index in [2.05, 4.69) is 105 Å². The van der Waals surface area contributed by atoms with Gasteiger partial charge in [-0.2, -0.15) is 0 Å². The van der Waals surface area contributed by atoms with Gasteiger partial charge in [0.1, 0.15) is 0 Å². The molecule has 1 atom stereocenters. The first-order valence-electron chi connectivity index (χ1n) is 13.2. The van der Waals surface area contributed by atoms with E-state index < -0.39 is 0 Å². The highest BCUT2D eigenvalue weighted by atomic mass is 14.7. The Bertz CT molecular complexity index is 1350. The molecule has 0 bridgehead atoms. The number of rotatable bonds is 8. The maximum absolute atomic E-state index is 3.73. The average molecular weight is 448 g/mol. The van der Waals surface area contributed by atoms with Gasteiger partial charge in [-0.3, -0.25) is 0 Å². The Hall–Kier alpha value is -3.06. The second-order valence-corrected chi connectivity index (χ2v) is 10.1. The molecule has 0 amide bonds. The number of allylic oxidation sites excluding steroid dienone is 8. The van der Waals surface area contributed by atoms with Crippen LogP contribution in [0, 0.1) is 0 Å². The summed E-state index contributed by atoms with van der Waals surface area (Å²) < 4.78 is 0. The van der Waals surface area contributed by atoms with E-state index in [0.29, 0.717) is 0 Å². The van der Waals surface area contributed by atoms with Crippen molar-refractivity contribution in [1.29, 1.82) is 0 Å². The van der Waals surface area contributed by atoms with Crippen LogP contribution in [0.15, 0.2) is 77.9 Å². The maximum atomic E-state index is 3.73. The first kappa shape index (κ1) is 22.7. The largest absolute Gasteiger partial charge is 0.355 e. The Kier molecular flexibility index (Phi) is 6.46. The molecule has 2 aliphatic rings. The highest BCUT2D eigenvalue weighted by Gasteiger charge is 2.38. The number of unbranched alkanes of at least 4 members (excludes halogenated alkanes) is 4. The Morgan fingerprint density at radius 1 is 0.941 bits per heavy atom. The second-order valence-electron chi connectivity index (χ2n) is 10.1. The van der Waals surface area contributed by atoms with Crippen LogP contribution in [0.2, 0.25) is 0 Å². The van der Waals surface area contributed by atoms with Crippen LogP contribution in [0.3, 0.4) is 0 Å². The third-order valence-corrected chi connectivity index (χ3v) is 7.59. The van der Waals surface area contributed by atoms with Gasteiger partial charge in [-0.05, 0) is 70.5 Å². The maximum Gasteiger partial charge on any atom is 0.0468 e. The third kappa shape index (κ3) is 4.13. The molecule has 0 aliphatic heterocycles. The van der Waals surface area contributed by atoms with Crippen LogP contribution in [0.4, 0.5) is 0 Å². The number of H-pyrrole nitrogens is 1. The van der Waals surface area contributed by atoms with Crippen molar-refractivity contribution in [3.05, 3.63) is 94.8 Å². The van der Waals surface area contributed by atoms with Crippen LogP contribution >= 0.6 is 0 Å². The summed E-state index contributed by atoms with van der Waals surface area (Å²) in [7, 11) is 0. The van der Waals surface area contributed by atoms with Crippen LogP contribution < -0.4 is 0 Å². The van der Waals surface area contributed by atoms with E-state index in [9.17, 15) is 0 Å². The summed E-state index contributed by atoms with van der Waals surface area (Å²) in [6.07, 6.45) is 27.0. The van der Waals surface area contributed by atoms with Crippen LogP contribution in [0.25, 0.3) is 33.8 Å². The number of fused-ring (bicyclic) bond motifs is 7. The Balaban J connectivity index is 1.54. The topological polar surface area (TPSA) is 15.8 Å². The van der Waals surface area contributed by atoms with E-state index in [1.165, 1.54) is 81.7 Å². The van der Waals surface area contributed by atoms with E-state index in [4.69, 9.17) is 0 Å². The normalized spacial score (nSPS) is 19.7. The van der Waals surface area contributed by atoms with Gasteiger partial charge in [0.15, 0.2) is 0 Å². The van der Waals surface area contributed by atoms with E-state index in [-0.39, 0.29) is 5.41 Å². The zero-order valence-corrected chi connectivity index (χ0v) is 21.0. The molecule has 2 aromatic carbocycles. The lowest BCUT2D eigenvalue weighted by Gasteiger charge is -2.36. The summed E-state index contributed by atoms with van der Waals surface area (Å²) in [6, 6.07) is 11.5. The second kappa shape index (κ2) is 9.66. The van der Waals surface area contributed by atoms with Crippen molar-refractivity contribution in [1.82, 2.24) is 4.98 Å². The number of aromatic amines is 1. The van der Waals surface area contributed by atoms with Gasteiger partial charge >= 0.3 is 0 Å². The summed E-state index contributed by atoms with van der Waals surface area (Å²) in [4.78, 5) is 3.73. The van der Waals surface area contributed by atoms with Gasteiger partial charge in [-0.15, -0.1) is 0 Å². The fraction of sp³-hybridized carbons (Fsp3) is 0.333. The molecule has 34 heavy (non-hydrogen) atoms. The van der Waals surface area contributed by atoms with Gasteiger partial charge in [-0.25, -0.2) is 0 Å². The van der Waals surface area contributed by atoms with Gasteiger partial charge in [0.05, 0.1) is 0 Å². The molecule has 0 saturated heterocycles. The molecule has 1 unspecified atom stereocenters. The number of aromatic nitrogens is 1. The molecule has 0 radical (unpaired) electrons. The summed E-state index contributed by atoms with van der Waals surface area (Å²) in [5.74, 6) is 0. The van der Waals surface area contributed by atoms with Crippen molar-refractivity contribution in [3.8, 4) is 0 Å². The molecular weight excluding hydrogens is 410 g/mol. The summed E-state index contributed by atoms with van der Waals surface area (Å²) in [5, 5.41) is 4.06. The monoisotopic (exact) mass is 447 g/mol. The lowest BCUT2D eigenvalue weighted by atomic mass is 9.66. The molecular formula is C33H37N. The standard InChI is InChI=1S/C33H37N/c1-4-6-8-10-12-24-14-17-28-26(22-24)15-18-29-31(28)32-30(34-29)19-16-27-23-25(13-11-9-7-5-2)20-21-33(27,32)3/h10-20,22-23,34H,4-9,21H2,1-3H3/b12-10+,13-11+. The first-order valence-corrected chi connectivity index (χ1v) is 13.2. The van der Waals surface area contributed by atoms with E-state index in [1.54, 1.807) is 0 Å². The lowest BCUT2D eigenvalue weighted by molar-refractivity contribution is 0.571. The molecule has 0 saturated carbocycles. The minimum absolute atomic E-state index is 0.00387. The molecule has 1 heterocycles. The van der Waals surface area contributed by atoms with Crippen LogP contribution in [0.1, 0.15) is 82.5 Å². The molecule has 1 N–H and O–H groups in total. The van der Waals surface area contributed by atoms with E-state index in [1.807, 2.05) is 0 Å². The summed E-state index contributed by atoms with van der Waals surface area (Å²) >= 11 is 0. The molecule has 1 nitrogen and oxygen atoms in total. The Labute approximate surface area is 204 Å². The highest BCUT2D eigenvalue weighted by Crippen LogP contribution is 2.49. The minimum atomic E-state index is -0.00387. The van der Waals surface area contributed by atoms with Crippen LogP contribution in [-0.4, -0.2) is 4.98 Å². The fourth-order valence-corrected chi connectivity index (χ4v) is 5.55. The zero-order chi connectivity index (χ0) is 23.5. The predicted octanol–water partition coefficient (Wildman–Crippen LogP) is 9.81. The molecule has 3 aromatic rings. The number of nitrogens with one attached hydrogen (secondary N) is 1. The highest BCUT2D eigenvalue weighted by molar-refractivity contribution is 6.11. The number of hydrogen-bond acceptors (Lipinski definition) is 0. The Morgan fingerprint density at radius 3 is 2.53 bits per heavy atom. The van der Waals surface area contributed by atoms with Gasteiger partial charge in [0.25, 0.3) is 0 Å². The SMILES string of the molecule is CCCC/C=C/C1=CCC2(C)C(=C1)C=Cc1[nH]c3ccc4cc(/C=C/CCCC)ccc4c3c12. The van der Waals surface area contributed by atoms with Crippen molar-refractivity contribution >= 4 is 33.8 Å². The van der Waals surface area contributed by atoms with E-state index >= 15 is 0 Å². The zero-order valence-electron chi connectivity index (χ0n) is 21.0. The van der Waals surface area contributed by atoms with Crippen LogP contribution in [0.5, 0.6) is 0 Å². The number of hydrogen-bond donors (Lipinski definition) is 1. The smallest absolute Gasteiger partial charge is 0.0468 e. The first-order chi connectivity index (χ1) is 16.6. The van der Waals surface area contributed by atoms with Gasteiger partial charge in [-0.1, -0.05) is 107 Å². The van der Waals surface area contributed by atoms with Gasteiger partial charge in [0, 0.05) is 22.0 Å². The lowest BCUT2D eigenvalue weighted by Crippen LogP contribution is -2.28. The summed E-state index contributed by atoms with van der Waals surface area (Å²) in [6.45, 7) is 6.92. The number of benzene rings is 2.